The molecule has 5 heteroatoms. The highest BCUT2D eigenvalue weighted by Gasteiger charge is 2.25. The molecule has 0 spiro atoms. The molecule has 2 aromatic carbocycles. The van der Waals surface area contributed by atoms with Crippen molar-refractivity contribution in [1.82, 2.24) is 9.55 Å². The zero-order valence-electron chi connectivity index (χ0n) is 13.5. The van der Waals surface area contributed by atoms with Crippen molar-refractivity contribution < 1.29 is 8.78 Å². The summed E-state index contributed by atoms with van der Waals surface area (Å²) in [5.41, 5.74) is 5.11. The van der Waals surface area contributed by atoms with Crippen LogP contribution in [0, 0.1) is 11.6 Å². The lowest BCUT2D eigenvalue weighted by molar-refractivity contribution is 0.585. The molecule has 0 unspecified atom stereocenters. The van der Waals surface area contributed by atoms with E-state index in [-0.39, 0.29) is 0 Å². The Bertz CT molecular complexity index is 1030. The normalized spacial score (nSPS) is 14.8. The fourth-order valence-electron chi connectivity index (χ4n) is 3.74. The summed E-state index contributed by atoms with van der Waals surface area (Å²) in [6, 6.07) is 9.86. The maximum absolute atomic E-state index is 14.4. The molecule has 0 radical (unpaired) electrons. The quantitative estimate of drug-likeness (QED) is 0.684. The lowest BCUT2D eigenvalue weighted by Crippen LogP contribution is -1.98. The largest absolute Gasteiger partial charge is 0.327 e. The number of hydrogen-bond acceptors (Lipinski definition) is 2. The van der Waals surface area contributed by atoms with Crippen molar-refractivity contribution in [3.05, 3.63) is 65.0 Å². The highest BCUT2D eigenvalue weighted by Crippen LogP contribution is 2.37. The van der Waals surface area contributed by atoms with Gasteiger partial charge in [-0.3, -0.25) is 4.99 Å². The van der Waals surface area contributed by atoms with E-state index < -0.39 is 11.6 Å². The second kappa shape index (κ2) is 5.34. The number of aryl methyl sites for hydroxylation is 1. The van der Waals surface area contributed by atoms with Gasteiger partial charge in [0.05, 0.1) is 17.9 Å². The third-order valence-corrected chi connectivity index (χ3v) is 4.93. The highest BCUT2D eigenvalue weighted by atomic mass is 19.1. The molecule has 0 saturated carbocycles. The van der Waals surface area contributed by atoms with E-state index in [1.165, 1.54) is 17.7 Å². The minimum absolute atomic E-state index is 0.340. The second-order valence-corrected chi connectivity index (χ2v) is 6.49. The first-order valence-electron chi connectivity index (χ1n) is 8.38. The highest BCUT2D eigenvalue weighted by molar-refractivity contribution is 5.88. The zero-order valence-corrected chi connectivity index (χ0v) is 13.5. The van der Waals surface area contributed by atoms with Crippen LogP contribution in [0.3, 0.4) is 0 Å². The summed E-state index contributed by atoms with van der Waals surface area (Å²) in [6.07, 6.45) is 3.79. The Morgan fingerprint density at radius 3 is 2.84 bits per heavy atom. The molecule has 25 heavy (non-hydrogen) atoms. The smallest absolute Gasteiger partial charge is 0.135 e. The van der Waals surface area contributed by atoms with Crippen LogP contribution in [0.15, 0.2) is 41.4 Å². The predicted molar refractivity (Wildman–Crippen MR) is 92.6 cm³/mol. The van der Waals surface area contributed by atoms with Crippen LogP contribution < -0.4 is 0 Å². The van der Waals surface area contributed by atoms with E-state index in [9.17, 15) is 8.78 Å². The molecule has 5 rings (SSSR count). The maximum Gasteiger partial charge on any atom is 0.135 e. The third kappa shape index (κ3) is 2.22. The van der Waals surface area contributed by atoms with Gasteiger partial charge in [0.1, 0.15) is 17.5 Å². The van der Waals surface area contributed by atoms with Gasteiger partial charge in [-0.15, -0.1) is 0 Å². The average Bonchev–Trinajstić information content (AvgIpc) is 3.29. The van der Waals surface area contributed by atoms with Gasteiger partial charge >= 0.3 is 0 Å². The molecular weight excluding hydrogens is 320 g/mol. The van der Waals surface area contributed by atoms with Crippen molar-refractivity contribution in [3.63, 3.8) is 0 Å². The van der Waals surface area contributed by atoms with Gasteiger partial charge in [-0.25, -0.2) is 13.8 Å². The van der Waals surface area contributed by atoms with E-state index in [1.54, 1.807) is 0 Å². The molecule has 0 fully saturated rings. The summed E-state index contributed by atoms with van der Waals surface area (Å²) in [4.78, 5) is 8.99. The van der Waals surface area contributed by atoms with Gasteiger partial charge in [0.15, 0.2) is 0 Å². The van der Waals surface area contributed by atoms with E-state index in [4.69, 9.17) is 0 Å². The fourth-order valence-corrected chi connectivity index (χ4v) is 3.74. The summed E-state index contributed by atoms with van der Waals surface area (Å²) in [5.74, 6) is -0.202. The van der Waals surface area contributed by atoms with Gasteiger partial charge in [0.2, 0.25) is 0 Å². The minimum Gasteiger partial charge on any atom is -0.327 e. The van der Waals surface area contributed by atoms with Crippen molar-refractivity contribution in [1.29, 1.82) is 0 Å². The molecule has 0 N–H and O–H groups in total. The molecule has 124 valence electrons. The number of aliphatic imine (C=N–C) groups is 1. The van der Waals surface area contributed by atoms with Crippen LogP contribution >= 0.6 is 0 Å². The third-order valence-electron chi connectivity index (χ3n) is 4.93. The van der Waals surface area contributed by atoms with Crippen LogP contribution in [0.25, 0.3) is 22.5 Å². The number of fused-ring (bicyclic) bond motifs is 2. The Labute approximate surface area is 143 Å². The number of hydrogen-bond donors (Lipinski definition) is 0. The first kappa shape index (κ1) is 14.5. The Morgan fingerprint density at radius 2 is 1.96 bits per heavy atom. The van der Waals surface area contributed by atoms with E-state index in [0.29, 0.717) is 17.8 Å². The molecular formula is C20H15F2N3. The van der Waals surface area contributed by atoms with Crippen molar-refractivity contribution in [3.8, 4) is 22.5 Å². The number of halogens is 2. The molecule has 0 aliphatic carbocycles. The molecule has 0 saturated heterocycles. The van der Waals surface area contributed by atoms with Crippen molar-refractivity contribution in [2.24, 2.45) is 4.99 Å². The van der Waals surface area contributed by atoms with Gasteiger partial charge in [0.25, 0.3) is 0 Å². The van der Waals surface area contributed by atoms with E-state index in [2.05, 4.69) is 26.7 Å². The molecule has 3 aromatic rings. The number of imidazole rings is 1. The second-order valence-electron chi connectivity index (χ2n) is 6.49. The van der Waals surface area contributed by atoms with Crippen molar-refractivity contribution in [2.75, 3.05) is 0 Å². The Hall–Kier alpha value is -2.82. The lowest BCUT2D eigenvalue weighted by atomic mass is 10.0. The molecule has 2 aliphatic rings. The van der Waals surface area contributed by atoms with Crippen LogP contribution in [-0.4, -0.2) is 15.8 Å². The standard InChI is InChI=1S/C20H15F2N3/c21-15-5-6-16(17(22)9-15)19-20(25-7-1-2-18(25)24-19)12-3-4-13-10-23-11-14(13)8-12/h3-6,8-9,11H,1-2,7,10H2. The van der Waals surface area contributed by atoms with Crippen LogP contribution in [0.1, 0.15) is 23.4 Å². The van der Waals surface area contributed by atoms with Crippen LogP contribution in [-0.2, 0) is 19.5 Å². The number of benzene rings is 2. The summed E-state index contributed by atoms with van der Waals surface area (Å²) < 4.78 is 29.9. The van der Waals surface area contributed by atoms with E-state index in [1.807, 2.05) is 12.3 Å². The fraction of sp³-hybridized carbons (Fsp3) is 0.200. The Kier molecular flexibility index (Phi) is 3.10. The van der Waals surface area contributed by atoms with Gasteiger partial charge in [-0.05, 0) is 35.7 Å². The summed E-state index contributed by atoms with van der Waals surface area (Å²) in [7, 11) is 0. The van der Waals surface area contributed by atoms with Gasteiger partial charge in [-0.1, -0.05) is 12.1 Å². The summed E-state index contributed by atoms with van der Waals surface area (Å²) >= 11 is 0. The summed E-state index contributed by atoms with van der Waals surface area (Å²) in [6.45, 7) is 1.57. The van der Waals surface area contributed by atoms with Crippen LogP contribution in [0.5, 0.6) is 0 Å². The number of nitrogens with zero attached hydrogens (tertiary/aromatic N) is 3. The molecule has 3 nitrogen and oxygen atoms in total. The minimum atomic E-state index is -0.583. The lowest BCUT2D eigenvalue weighted by Gasteiger charge is -2.10. The molecule has 0 bridgehead atoms. The maximum atomic E-state index is 14.4. The average molecular weight is 335 g/mol. The predicted octanol–water partition coefficient (Wildman–Crippen LogP) is 4.37. The van der Waals surface area contributed by atoms with Crippen LogP contribution in [0.2, 0.25) is 0 Å². The Morgan fingerprint density at radius 1 is 1.04 bits per heavy atom. The topological polar surface area (TPSA) is 30.2 Å². The van der Waals surface area contributed by atoms with E-state index in [0.717, 1.165) is 48.1 Å². The SMILES string of the molecule is Fc1ccc(-c2nc3n(c2-c2ccc4c(c2)C=NC4)CCC3)c(F)c1. The Balaban J connectivity index is 1.75. The molecule has 3 heterocycles. The summed E-state index contributed by atoms with van der Waals surface area (Å²) in [5, 5.41) is 0. The van der Waals surface area contributed by atoms with E-state index >= 15 is 0 Å². The van der Waals surface area contributed by atoms with Crippen molar-refractivity contribution in [2.45, 2.75) is 25.9 Å². The molecule has 1 aromatic heterocycles. The molecule has 0 amide bonds. The molecule has 0 atom stereocenters. The first-order chi connectivity index (χ1) is 12.2. The van der Waals surface area contributed by atoms with Gasteiger partial charge < -0.3 is 4.57 Å². The molecule has 2 aliphatic heterocycles. The number of rotatable bonds is 2. The number of aromatic nitrogens is 2. The van der Waals surface area contributed by atoms with Crippen LogP contribution in [0.4, 0.5) is 8.78 Å². The van der Waals surface area contributed by atoms with Crippen molar-refractivity contribution >= 4 is 6.21 Å². The van der Waals surface area contributed by atoms with Gasteiger partial charge in [0, 0.05) is 36.4 Å². The monoisotopic (exact) mass is 335 g/mol. The van der Waals surface area contributed by atoms with Gasteiger partial charge in [-0.2, -0.15) is 0 Å². The zero-order chi connectivity index (χ0) is 17.0. The first-order valence-corrected chi connectivity index (χ1v) is 8.38.